The molecule has 0 bridgehead atoms. The predicted molar refractivity (Wildman–Crippen MR) is 69.5 cm³/mol. The molecular weight excluding hydrogens is 230 g/mol. The van der Waals surface area contributed by atoms with E-state index in [0.717, 1.165) is 45.4 Å². The van der Waals surface area contributed by atoms with Crippen molar-refractivity contribution in [3.63, 3.8) is 0 Å². The molecule has 0 radical (unpaired) electrons. The van der Waals surface area contributed by atoms with Crippen LogP contribution < -0.4 is 0 Å². The van der Waals surface area contributed by atoms with Crippen LogP contribution in [0.25, 0.3) is 0 Å². The van der Waals surface area contributed by atoms with E-state index in [9.17, 15) is 4.79 Å². The lowest BCUT2D eigenvalue weighted by Crippen LogP contribution is -2.32. The molecule has 1 amide bonds. The number of hydrogen-bond donors (Lipinski definition) is 0. The number of nitrogens with zero attached hydrogens (tertiary/aromatic N) is 1. The van der Waals surface area contributed by atoms with E-state index in [1.807, 2.05) is 4.90 Å². The summed E-state index contributed by atoms with van der Waals surface area (Å²) in [4.78, 5) is 14.0. The molecule has 2 fully saturated rings. The van der Waals surface area contributed by atoms with Crippen LogP contribution in [0.15, 0.2) is 0 Å². The fourth-order valence-corrected chi connectivity index (χ4v) is 2.63. The maximum absolute atomic E-state index is 12.0. The zero-order valence-electron chi connectivity index (χ0n) is 11.2. The minimum Gasteiger partial charge on any atom is -0.378 e. The van der Waals surface area contributed by atoms with E-state index in [4.69, 9.17) is 9.47 Å². The van der Waals surface area contributed by atoms with Crippen LogP contribution in [0.4, 0.5) is 0 Å². The summed E-state index contributed by atoms with van der Waals surface area (Å²) < 4.78 is 11.0. The molecule has 0 spiro atoms. The van der Waals surface area contributed by atoms with Gasteiger partial charge >= 0.3 is 0 Å². The van der Waals surface area contributed by atoms with E-state index in [0.29, 0.717) is 19.6 Å². The summed E-state index contributed by atoms with van der Waals surface area (Å²) in [6, 6.07) is 0. The molecule has 0 aromatic carbocycles. The van der Waals surface area contributed by atoms with Crippen LogP contribution in [-0.4, -0.2) is 49.8 Å². The Hall–Kier alpha value is -0.610. The summed E-state index contributed by atoms with van der Waals surface area (Å²) in [5.41, 5.74) is 0. The number of carbonyl (C=O) groups excluding carboxylic acids is 1. The highest BCUT2D eigenvalue weighted by Gasteiger charge is 2.17. The maximum atomic E-state index is 12.0. The van der Waals surface area contributed by atoms with E-state index >= 15 is 0 Å². The highest BCUT2D eigenvalue weighted by Crippen LogP contribution is 2.13. The Labute approximate surface area is 110 Å². The summed E-state index contributed by atoms with van der Waals surface area (Å²) in [5.74, 6) is 0.254. The monoisotopic (exact) mass is 255 g/mol. The second-order valence-corrected chi connectivity index (χ2v) is 5.25. The van der Waals surface area contributed by atoms with E-state index in [1.165, 1.54) is 12.8 Å². The van der Waals surface area contributed by atoms with Gasteiger partial charge in [-0.15, -0.1) is 0 Å². The van der Waals surface area contributed by atoms with Gasteiger partial charge in [0.25, 0.3) is 0 Å². The molecule has 0 aromatic heterocycles. The Balaban J connectivity index is 1.55. The summed E-state index contributed by atoms with van der Waals surface area (Å²) in [6.07, 6.45) is 7.86. The molecular formula is C14H25NO3. The molecule has 4 nitrogen and oxygen atoms in total. The third kappa shape index (κ3) is 4.58. The average molecular weight is 255 g/mol. The molecule has 18 heavy (non-hydrogen) atoms. The van der Waals surface area contributed by atoms with Crippen LogP contribution in [-0.2, 0) is 14.3 Å². The largest absolute Gasteiger partial charge is 0.378 e. The van der Waals surface area contributed by atoms with Crippen molar-refractivity contribution in [3.05, 3.63) is 0 Å². The Morgan fingerprint density at radius 2 is 1.94 bits per heavy atom. The third-order valence-electron chi connectivity index (χ3n) is 3.75. The van der Waals surface area contributed by atoms with Gasteiger partial charge in [0.2, 0.25) is 5.91 Å². The number of carbonyl (C=O) groups is 1. The first-order valence-corrected chi connectivity index (χ1v) is 7.33. The van der Waals surface area contributed by atoms with Crippen LogP contribution in [0.5, 0.6) is 0 Å². The van der Waals surface area contributed by atoms with Gasteiger partial charge in [0.05, 0.1) is 25.7 Å². The molecule has 2 aliphatic heterocycles. The molecule has 0 aromatic rings. The number of hydrogen-bond acceptors (Lipinski definition) is 3. The molecule has 2 saturated heterocycles. The van der Waals surface area contributed by atoms with Crippen LogP contribution in [0.1, 0.15) is 44.9 Å². The lowest BCUT2D eigenvalue weighted by molar-refractivity contribution is -0.132. The highest BCUT2D eigenvalue weighted by molar-refractivity contribution is 5.76. The quantitative estimate of drug-likeness (QED) is 0.705. The summed E-state index contributed by atoms with van der Waals surface area (Å²) in [7, 11) is 0. The van der Waals surface area contributed by atoms with Crippen molar-refractivity contribution in [3.8, 4) is 0 Å². The van der Waals surface area contributed by atoms with Gasteiger partial charge in [-0.3, -0.25) is 4.79 Å². The van der Waals surface area contributed by atoms with E-state index in [1.54, 1.807) is 0 Å². The van der Waals surface area contributed by atoms with E-state index in [2.05, 4.69) is 0 Å². The number of ether oxygens (including phenoxy) is 2. The molecule has 4 heteroatoms. The van der Waals surface area contributed by atoms with Gasteiger partial charge in [-0.05, 0) is 25.7 Å². The predicted octanol–water partition coefficient (Wildman–Crippen LogP) is 1.97. The second-order valence-electron chi connectivity index (χ2n) is 5.25. The van der Waals surface area contributed by atoms with Crippen LogP contribution >= 0.6 is 0 Å². The third-order valence-corrected chi connectivity index (χ3v) is 3.75. The first-order chi connectivity index (χ1) is 8.86. The molecule has 0 N–H and O–H groups in total. The first kappa shape index (κ1) is 13.8. The van der Waals surface area contributed by atoms with Crippen molar-refractivity contribution in [2.24, 2.45) is 0 Å². The SMILES string of the molecule is O=C(CCOCC1CCCO1)N1CCCCCC1. The zero-order chi connectivity index (χ0) is 12.6. The Kier molecular flexibility index (Phi) is 5.94. The Bertz CT molecular complexity index is 243. The molecule has 1 atom stereocenters. The maximum Gasteiger partial charge on any atom is 0.224 e. The van der Waals surface area contributed by atoms with Crippen LogP contribution in [0.3, 0.4) is 0 Å². The lowest BCUT2D eigenvalue weighted by Gasteiger charge is -2.20. The molecule has 0 saturated carbocycles. The standard InChI is InChI=1S/C14H25NO3/c16-14(15-8-3-1-2-4-9-15)7-11-17-12-13-6-5-10-18-13/h13H,1-12H2. The molecule has 0 aliphatic carbocycles. The van der Waals surface area contributed by atoms with Crippen molar-refractivity contribution >= 4 is 5.91 Å². The Morgan fingerprint density at radius 3 is 2.61 bits per heavy atom. The van der Waals surface area contributed by atoms with Gasteiger partial charge in [-0.25, -0.2) is 0 Å². The Morgan fingerprint density at radius 1 is 1.17 bits per heavy atom. The average Bonchev–Trinajstić information content (AvgIpc) is 2.74. The van der Waals surface area contributed by atoms with Gasteiger partial charge in [-0.2, -0.15) is 0 Å². The normalized spacial score (nSPS) is 25.1. The lowest BCUT2D eigenvalue weighted by atomic mass is 10.2. The molecule has 1 unspecified atom stereocenters. The van der Waals surface area contributed by atoms with Crippen LogP contribution in [0, 0.1) is 0 Å². The van der Waals surface area contributed by atoms with Crippen molar-refractivity contribution in [1.82, 2.24) is 4.90 Å². The van der Waals surface area contributed by atoms with Gasteiger partial charge in [0.15, 0.2) is 0 Å². The van der Waals surface area contributed by atoms with Gasteiger partial charge in [0.1, 0.15) is 0 Å². The smallest absolute Gasteiger partial charge is 0.224 e. The summed E-state index contributed by atoms with van der Waals surface area (Å²) in [6.45, 7) is 3.92. The van der Waals surface area contributed by atoms with Gasteiger partial charge < -0.3 is 14.4 Å². The minimum absolute atomic E-state index is 0.254. The molecule has 2 heterocycles. The van der Waals surface area contributed by atoms with Crippen molar-refractivity contribution in [2.45, 2.75) is 51.0 Å². The fourth-order valence-electron chi connectivity index (χ4n) is 2.63. The second kappa shape index (κ2) is 7.74. The summed E-state index contributed by atoms with van der Waals surface area (Å²) in [5, 5.41) is 0. The summed E-state index contributed by atoms with van der Waals surface area (Å²) >= 11 is 0. The van der Waals surface area contributed by atoms with Crippen LogP contribution in [0.2, 0.25) is 0 Å². The van der Waals surface area contributed by atoms with Crippen molar-refractivity contribution in [2.75, 3.05) is 32.9 Å². The van der Waals surface area contributed by atoms with E-state index in [-0.39, 0.29) is 12.0 Å². The number of likely N-dealkylation sites (tertiary alicyclic amines) is 1. The zero-order valence-corrected chi connectivity index (χ0v) is 11.2. The number of rotatable bonds is 5. The van der Waals surface area contributed by atoms with Crippen molar-refractivity contribution < 1.29 is 14.3 Å². The van der Waals surface area contributed by atoms with Crippen molar-refractivity contribution in [1.29, 1.82) is 0 Å². The number of amides is 1. The molecule has 2 aliphatic rings. The highest BCUT2D eigenvalue weighted by atomic mass is 16.5. The molecule has 2 rings (SSSR count). The minimum atomic E-state index is 0.254. The fraction of sp³-hybridized carbons (Fsp3) is 0.929. The molecule has 104 valence electrons. The van der Waals surface area contributed by atoms with Gasteiger partial charge in [-0.1, -0.05) is 12.8 Å². The van der Waals surface area contributed by atoms with E-state index < -0.39 is 0 Å². The van der Waals surface area contributed by atoms with Gasteiger partial charge in [0, 0.05) is 19.7 Å². The first-order valence-electron chi connectivity index (χ1n) is 7.33. The topological polar surface area (TPSA) is 38.8 Å².